The Morgan fingerprint density at radius 1 is 1.00 bits per heavy atom. The number of benzene rings is 2. The van der Waals surface area contributed by atoms with Crippen LogP contribution in [0.2, 0.25) is 0 Å². The maximum Gasteiger partial charge on any atom is 0.326 e. The first-order valence-electron chi connectivity index (χ1n) is 7.27. The molecular weight excluding hydrogens is 278 g/mol. The first-order chi connectivity index (χ1) is 10.6. The molecule has 0 aliphatic heterocycles. The molecule has 0 aliphatic rings. The molecule has 0 aromatic heterocycles. The van der Waals surface area contributed by atoms with Crippen LogP contribution < -0.4 is 5.32 Å². The van der Waals surface area contributed by atoms with E-state index < -0.39 is 12.0 Å². The topological polar surface area (TPSA) is 66.4 Å². The van der Waals surface area contributed by atoms with Gasteiger partial charge in [-0.15, -0.1) is 0 Å². The Morgan fingerprint density at radius 3 is 2.05 bits per heavy atom. The Hall–Kier alpha value is -2.62. The largest absolute Gasteiger partial charge is 0.480 e. The molecule has 2 rings (SSSR count). The molecule has 2 N–H and O–H groups in total. The lowest BCUT2D eigenvalue weighted by Gasteiger charge is -2.24. The smallest absolute Gasteiger partial charge is 0.326 e. The van der Waals surface area contributed by atoms with Gasteiger partial charge in [0.1, 0.15) is 6.04 Å². The number of carboxylic acid groups (broad SMARTS) is 1. The van der Waals surface area contributed by atoms with Gasteiger partial charge < -0.3 is 10.4 Å². The van der Waals surface area contributed by atoms with Gasteiger partial charge in [-0.2, -0.15) is 0 Å². The van der Waals surface area contributed by atoms with Gasteiger partial charge in [0.25, 0.3) is 5.91 Å². The molecular formula is C18H19NO3. The van der Waals surface area contributed by atoms with Gasteiger partial charge in [-0.05, 0) is 24.1 Å². The summed E-state index contributed by atoms with van der Waals surface area (Å²) in [5, 5.41) is 12.2. The van der Waals surface area contributed by atoms with E-state index in [1.807, 2.05) is 43.3 Å². The molecule has 0 aliphatic carbocycles. The molecule has 2 atom stereocenters. The molecule has 2 aromatic carbocycles. The Labute approximate surface area is 129 Å². The average Bonchev–Trinajstić information content (AvgIpc) is 2.56. The molecule has 0 fully saturated rings. The maximum atomic E-state index is 12.2. The SMILES string of the molecule is CCC(c1ccccc1)C(NC(=O)c1ccccc1)C(=O)O. The van der Waals surface area contributed by atoms with Crippen LogP contribution in [0, 0.1) is 0 Å². The van der Waals surface area contributed by atoms with E-state index in [1.165, 1.54) is 0 Å². The van der Waals surface area contributed by atoms with Crippen molar-refractivity contribution in [1.29, 1.82) is 0 Å². The zero-order valence-electron chi connectivity index (χ0n) is 12.4. The fourth-order valence-corrected chi connectivity index (χ4v) is 2.51. The highest BCUT2D eigenvalue weighted by molar-refractivity contribution is 5.96. The van der Waals surface area contributed by atoms with E-state index in [1.54, 1.807) is 24.3 Å². The number of carbonyl (C=O) groups is 2. The summed E-state index contributed by atoms with van der Waals surface area (Å²) in [5.74, 6) is -1.67. The van der Waals surface area contributed by atoms with E-state index in [4.69, 9.17) is 0 Å². The number of carboxylic acids is 1. The Morgan fingerprint density at radius 2 is 1.55 bits per heavy atom. The van der Waals surface area contributed by atoms with Crippen molar-refractivity contribution in [2.45, 2.75) is 25.3 Å². The number of aliphatic carboxylic acids is 1. The van der Waals surface area contributed by atoms with Crippen molar-refractivity contribution < 1.29 is 14.7 Å². The second-order valence-electron chi connectivity index (χ2n) is 5.08. The van der Waals surface area contributed by atoms with Crippen LogP contribution in [-0.4, -0.2) is 23.0 Å². The molecule has 0 bridgehead atoms. The summed E-state index contributed by atoms with van der Waals surface area (Å²) < 4.78 is 0. The highest BCUT2D eigenvalue weighted by Gasteiger charge is 2.29. The fraction of sp³-hybridized carbons (Fsp3) is 0.222. The van der Waals surface area contributed by atoms with Crippen LogP contribution in [0.1, 0.15) is 35.2 Å². The average molecular weight is 297 g/mol. The molecule has 0 spiro atoms. The van der Waals surface area contributed by atoms with Gasteiger partial charge in [0, 0.05) is 11.5 Å². The highest BCUT2D eigenvalue weighted by atomic mass is 16.4. The molecule has 4 heteroatoms. The molecule has 0 heterocycles. The number of nitrogens with one attached hydrogen (secondary N) is 1. The Balaban J connectivity index is 2.22. The summed E-state index contributed by atoms with van der Waals surface area (Å²) in [5.41, 5.74) is 1.36. The van der Waals surface area contributed by atoms with Crippen molar-refractivity contribution in [3.63, 3.8) is 0 Å². The first kappa shape index (κ1) is 15.8. The summed E-state index contributed by atoms with van der Waals surface area (Å²) in [4.78, 5) is 23.9. The van der Waals surface area contributed by atoms with Gasteiger partial charge in [-0.1, -0.05) is 55.5 Å². The van der Waals surface area contributed by atoms with Crippen molar-refractivity contribution in [2.24, 2.45) is 0 Å². The molecule has 2 unspecified atom stereocenters. The minimum atomic E-state index is -1.03. The summed E-state index contributed by atoms with van der Waals surface area (Å²) in [6.07, 6.45) is 0.621. The van der Waals surface area contributed by atoms with E-state index in [2.05, 4.69) is 5.32 Å². The van der Waals surface area contributed by atoms with Crippen LogP contribution in [0.5, 0.6) is 0 Å². The van der Waals surface area contributed by atoms with Crippen LogP contribution in [0.25, 0.3) is 0 Å². The van der Waals surface area contributed by atoms with E-state index in [0.29, 0.717) is 12.0 Å². The molecule has 0 radical (unpaired) electrons. The van der Waals surface area contributed by atoms with Crippen LogP contribution in [-0.2, 0) is 4.79 Å². The molecule has 4 nitrogen and oxygen atoms in total. The standard InChI is InChI=1S/C18H19NO3/c1-2-15(13-9-5-3-6-10-13)16(18(21)22)19-17(20)14-11-7-4-8-12-14/h3-12,15-16H,2H2,1H3,(H,19,20)(H,21,22). The molecule has 0 saturated heterocycles. The maximum absolute atomic E-state index is 12.2. The molecule has 0 saturated carbocycles. The summed E-state index contributed by atoms with van der Waals surface area (Å²) in [6, 6.07) is 17.1. The number of amides is 1. The van der Waals surface area contributed by atoms with Gasteiger partial charge in [0.2, 0.25) is 0 Å². The molecule has 2 aromatic rings. The predicted molar refractivity (Wildman–Crippen MR) is 84.8 cm³/mol. The molecule has 114 valence electrons. The second kappa shape index (κ2) is 7.41. The van der Waals surface area contributed by atoms with Crippen LogP contribution in [0.3, 0.4) is 0 Å². The van der Waals surface area contributed by atoms with Gasteiger partial charge in [0.15, 0.2) is 0 Å². The van der Waals surface area contributed by atoms with Crippen molar-refractivity contribution in [1.82, 2.24) is 5.32 Å². The summed E-state index contributed by atoms with van der Waals surface area (Å²) in [6.45, 7) is 1.92. The quantitative estimate of drug-likeness (QED) is 0.861. The van der Waals surface area contributed by atoms with Crippen LogP contribution >= 0.6 is 0 Å². The lowest BCUT2D eigenvalue weighted by molar-refractivity contribution is -0.139. The van der Waals surface area contributed by atoms with E-state index in [0.717, 1.165) is 5.56 Å². The number of hydrogen-bond donors (Lipinski definition) is 2. The minimum Gasteiger partial charge on any atom is -0.480 e. The third-order valence-corrected chi connectivity index (χ3v) is 3.66. The number of hydrogen-bond acceptors (Lipinski definition) is 2. The van der Waals surface area contributed by atoms with Gasteiger partial charge in [-0.3, -0.25) is 4.79 Å². The second-order valence-corrected chi connectivity index (χ2v) is 5.08. The fourth-order valence-electron chi connectivity index (χ4n) is 2.51. The normalized spacial score (nSPS) is 13.1. The number of rotatable bonds is 6. The zero-order chi connectivity index (χ0) is 15.9. The zero-order valence-corrected chi connectivity index (χ0v) is 12.4. The molecule has 22 heavy (non-hydrogen) atoms. The summed E-state index contributed by atoms with van der Waals surface area (Å²) in [7, 11) is 0. The highest BCUT2D eigenvalue weighted by Crippen LogP contribution is 2.23. The number of carbonyl (C=O) groups excluding carboxylic acids is 1. The third-order valence-electron chi connectivity index (χ3n) is 3.66. The Bertz CT molecular complexity index is 625. The Kier molecular flexibility index (Phi) is 5.31. The van der Waals surface area contributed by atoms with Crippen molar-refractivity contribution in [3.05, 3.63) is 71.8 Å². The lowest BCUT2D eigenvalue weighted by atomic mass is 9.89. The monoisotopic (exact) mass is 297 g/mol. The molecule has 1 amide bonds. The van der Waals surface area contributed by atoms with E-state index >= 15 is 0 Å². The van der Waals surface area contributed by atoms with Gasteiger partial charge in [0.05, 0.1) is 0 Å². The third kappa shape index (κ3) is 3.73. The van der Waals surface area contributed by atoms with Gasteiger partial charge in [-0.25, -0.2) is 4.79 Å². The summed E-state index contributed by atoms with van der Waals surface area (Å²) >= 11 is 0. The van der Waals surface area contributed by atoms with E-state index in [9.17, 15) is 14.7 Å². The first-order valence-corrected chi connectivity index (χ1v) is 7.27. The van der Waals surface area contributed by atoms with Gasteiger partial charge >= 0.3 is 5.97 Å². The van der Waals surface area contributed by atoms with Crippen molar-refractivity contribution in [3.8, 4) is 0 Å². The minimum absolute atomic E-state index is 0.272. The van der Waals surface area contributed by atoms with Crippen molar-refractivity contribution in [2.75, 3.05) is 0 Å². The lowest BCUT2D eigenvalue weighted by Crippen LogP contribution is -2.44. The predicted octanol–water partition coefficient (Wildman–Crippen LogP) is 3.06. The van der Waals surface area contributed by atoms with Crippen LogP contribution in [0.4, 0.5) is 0 Å². The van der Waals surface area contributed by atoms with Crippen molar-refractivity contribution >= 4 is 11.9 Å². The van der Waals surface area contributed by atoms with E-state index in [-0.39, 0.29) is 11.8 Å². The van der Waals surface area contributed by atoms with Crippen LogP contribution in [0.15, 0.2) is 60.7 Å².